The van der Waals surface area contributed by atoms with E-state index in [0.29, 0.717) is 30.9 Å². The highest BCUT2D eigenvalue weighted by Crippen LogP contribution is 2.52. The van der Waals surface area contributed by atoms with E-state index in [4.69, 9.17) is 4.74 Å². The Hall–Kier alpha value is -2.57. The summed E-state index contributed by atoms with van der Waals surface area (Å²) < 4.78 is 5.67. The zero-order chi connectivity index (χ0) is 21.3. The van der Waals surface area contributed by atoms with Crippen molar-refractivity contribution in [2.45, 2.75) is 58.0 Å². The van der Waals surface area contributed by atoms with Crippen LogP contribution in [0.1, 0.15) is 52.0 Å². The van der Waals surface area contributed by atoms with Crippen molar-refractivity contribution in [2.75, 3.05) is 19.7 Å². The number of hydrogen-bond acceptors (Lipinski definition) is 4. The van der Waals surface area contributed by atoms with E-state index in [1.54, 1.807) is 6.07 Å². The summed E-state index contributed by atoms with van der Waals surface area (Å²) in [6, 6.07) is 6.97. The third kappa shape index (κ3) is 2.81. The maximum Gasteiger partial charge on any atom is 0.325 e. The van der Waals surface area contributed by atoms with Crippen molar-refractivity contribution in [1.82, 2.24) is 15.1 Å². The summed E-state index contributed by atoms with van der Waals surface area (Å²) in [6.07, 6.45) is 3.40. The van der Waals surface area contributed by atoms with E-state index >= 15 is 0 Å². The number of hydrogen-bond donors (Lipinski definition) is 1. The van der Waals surface area contributed by atoms with Gasteiger partial charge in [0, 0.05) is 24.6 Å². The van der Waals surface area contributed by atoms with E-state index in [1.807, 2.05) is 23.1 Å². The Labute approximate surface area is 176 Å². The van der Waals surface area contributed by atoms with Gasteiger partial charge in [-0.25, -0.2) is 4.79 Å². The van der Waals surface area contributed by atoms with Crippen LogP contribution in [0.4, 0.5) is 4.79 Å². The van der Waals surface area contributed by atoms with Gasteiger partial charge >= 0.3 is 6.03 Å². The van der Waals surface area contributed by atoms with Gasteiger partial charge in [0.15, 0.2) is 5.54 Å². The largest absolute Gasteiger partial charge is 0.493 e. The first-order chi connectivity index (χ1) is 14.1. The molecule has 3 aliphatic heterocycles. The Morgan fingerprint density at radius 2 is 1.97 bits per heavy atom. The zero-order valence-corrected chi connectivity index (χ0v) is 17.9. The third-order valence-electron chi connectivity index (χ3n) is 7.29. The van der Waals surface area contributed by atoms with Crippen LogP contribution in [0, 0.1) is 10.8 Å². The molecule has 0 aromatic heterocycles. The van der Waals surface area contributed by atoms with Gasteiger partial charge in [0.05, 0.1) is 6.61 Å². The summed E-state index contributed by atoms with van der Waals surface area (Å²) in [7, 11) is 0. The quantitative estimate of drug-likeness (QED) is 0.759. The van der Waals surface area contributed by atoms with Crippen LogP contribution in [-0.2, 0) is 15.1 Å². The first-order valence-electron chi connectivity index (χ1n) is 10.8. The molecular weight excluding hydrogens is 382 g/mol. The smallest absolute Gasteiger partial charge is 0.325 e. The van der Waals surface area contributed by atoms with Crippen molar-refractivity contribution in [1.29, 1.82) is 0 Å². The van der Waals surface area contributed by atoms with Crippen LogP contribution in [0.25, 0.3) is 0 Å². The molecule has 7 heteroatoms. The van der Waals surface area contributed by atoms with Crippen molar-refractivity contribution in [3.05, 3.63) is 29.8 Å². The van der Waals surface area contributed by atoms with E-state index in [-0.39, 0.29) is 35.2 Å². The Morgan fingerprint density at radius 1 is 1.20 bits per heavy atom. The number of nitrogens with zero attached hydrogens (tertiary/aromatic N) is 2. The maximum atomic E-state index is 13.4. The minimum Gasteiger partial charge on any atom is -0.493 e. The number of benzene rings is 1. The molecule has 1 aromatic carbocycles. The zero-order valence-electron chi connectivity index (χ0n) is 17.9. The molecule has 7 nitrogen and oxygen atoms in total. The van der Waals surface area contributed by atoms with Crippen LogP contribution in [0.15, 0.2) is 24.3 Å². The van der Waals surface area contributed by atoms with Crippen molar-refractivity contribution in [3.63, 3.8) is 0 Å². The van der Waals surface area contributed by atoms with E-state index in [2.05, 4.69) is 26.1 Å². The number of likely N-dealkylation sites (tertiary alicyclic amines) is 1. The van der Waals surface area contributed by atoms with Gasteiger partial charge in [0.1, 0.15) is 12.3 Å². The molecule has 1 N–H and O–H groups in total. The third-order valence-corrected chi connectivity index (χ3v) is 7.29. The molecule has 0 radical (unpaired) electrons. The molecule has 5 rings (SSSR count). The number of fused-ring (bicyclic) bond motifs is 4. The number of carbonyl (C=O) groups excluding carboxylic acids is 3. The predicted molar refractivity (Wildman–Crippen MR) is 110 cm³/mol. The molecule has 1 saturated carbocycles. The fourth-order valence-electron chi connectivity index (χ4n) is 6.49. The molecule has 0 unspecified atom stereocenters. The van der Waals surface area contributed by atoms with Gasteiger partial charge in [-0.15, -0.1) is 0 Å². The summed E-state index contributed by atoms with van der Waals surface area (Å²) in [5.74, 6) is 0.113. The predicted octanol–water partition coefficient (Wildman–Crippen LogP) is 2.64. The molecular formula is C23H29N3O4. The van der Waals surface area contributed by atoms with Gasteiger partial charge in [-0.2, -0.15) is 0 Å². The van der Waals surface area contributed by atoms with Gasteiger partial charge in [0.2, 0.25) is 5.91 Å². The molecule has 1 aliphatic carbocycles. The van der Waals surface area contributed by atoms with E-state index in [1.165, 1.54) is 0 Å². The Bertz CT molecular complexity index is 944. The molecule has 2 bridgehead atoms. The van der Waals surface area contributed by atoms with Crippen LogP contribution in [0.3, 0.4) is 0 Å². The van der Waals surface area contributed by atoms with Crippen molar-refractivity contribution < 1.29 is 19.1 Å². The fourth-order valence-corrected chi connectivity index (χ4v) is 6.49. The number of para-hydroxylation sites is 1. The van der Waals surface area contributed by atoms with Crippen molar-refractivity contribution in [2.24, 2.45) is 10.8 Å². The Kier molecular flexibility index (Phi) is 4.02. The lowest BCUT2D eigenvalue weighted by Gasteiger charge is -2.39. The minimum absolute atomic E-state index is 0.111. The summed E-state index contributed by atoms with van der Waals surface area (Å²) in [5.41, 5.74) is -0.166. The normalized spacial score (nSPS) is 34.0. The molecule has 4 aliphatic rings. The second kappa shape index (κ2) is 6.22. The first kappa shape index (κ1) is 19.4. The lowest BCUT2D eigenvalue weighted by molar-refractivity contribution is -0.140. The molecule has 4 amide bonds. The molecule has 1 aromatic rings. The average molecular weight is 412 g/mol. The van der Waals surface area contributed by atoms with Crippen LogP contribution in [-0.4, -0.2) is 53.4 Å². The monoisotopic (exact) mass is 411 g/mol. The molecule has 3 fully saturated rings. The standard InChI is InChI=1S/C23H29N3O4/c1-21(2)10-15-11-22(3,13-21)14-26(15)18(27)12-25-19(28)23(24-20(25)29)8-9-30-17-7-5-4-6-16(17)23/h4-7,15H,8-14H2,1-3H3,(H,24,29)/t15-,22+,23-/m0/s1. The number of ether oxygens (including phenoxy) is 1. The van der Waals surface area contributed by atoms with Crippen molar-refractivity contribution >= 4 is 17.8 Å². The number of nitrogens with one attached hydrogen (secondary N) is 1. The molecule has 1 spiro atoms. The number of imide groups is 1. The number of urea groups is 1. The molecule has 3 heterocycles. The van der Waals surface area contributed by atoms with Crippen LogP contribution in [0.5, 0.6) is 5.75 Å². The number of carbonyl (C=O) groups is 3. The van der Waals surface area contributed by atoms with Gasteiger partial charge in [-0.1, -0.05) is 39.0 Å². The second-order valence-corrected chi connectivity index (χ2v) is 10.6. The minimum atomic E-state index is -1.14. The van der Waals surface area contributed by atoms with Crippen molar-refractivity contribution in [3.8, 4) is 5.75 Å². The van der Waals surface area contributed by atoms with Gasteiger partial charge in [-0.05, 0) is 36.2 Å². The molecule has 160 valence electrons. The first-order valence-corrected chi connectivity index (χ1v) is 10.8. The van der Waals surface area contributed by atoms with E-state index in [9.17, 15) is 14.4 Å². The Morgan fingerprint density at radius 3 is 2.77 bits per heavy atom. The highest BCUT2D eigenvalue weighted by Gasteiger charge is 2.56. The maximum absolute atomic E-state index is 13.4. The fraction of sp³-hybridized carbons (Fsp3) is 0.609. The SMILES string of the molecule is CC1(C)C[C@H]2C[C@@](C)(CN2C(=O)CN2C(=O)N[C@]3(CCOc4ccccc43)C2=O)C1. The highest BCUT2D eigenvalue weighted by molar-refractivity contribution is 6.09. The number of rotatable bonds is 2. The van der Waals surface area contributed by atoms with E-state index < -0.39 is 11.6 Å². The molecule has 3 atom stereocenters. The van der Waals surface area contributed by atoms with Gasteiger partial charge < -0.3 is 15.0 Å². The average Bonchev–Trinajstić information content (AvgIpc) is 3.06. The highest BCUT2D eigenvalue weighted by atomic mass is 16.5. The summed E-state index contributed by atoms with van der Waals surface area (Å²) in [5, 5.41) is 2.87. The van der Waals surface area contributed by atoms with Crippen LogP contribution < -0.4 is 10.1 Å². The molecule has 30 heavy (non-hydrogen) atoms. The van der Waals surface area contributed by atoms with Crippen LogP contribution >= 0.6 is 0 Å². The van der Waals surface area contributed by atoms with Gasteiger partial charge in [0.25, 0.3) is 5.91 Å². The van der Waals surface area contributed by atoms with Crippen LogP contribution in [0.2, 0.25) is 0 Å². The number of amides is 4. The lowest BCUT2D eigenvalue weighted by atomic mass is 9.65. The topological polar surface area (TPSA) is 79.0 Å². The summed E-state index contributed by atoms with van der Waals surface area (Å²) in [4.78, 5) is 42.5. The van der Waals surface area contributed by atoms with Gasteiger partial charge in [-0.3, -0.25) is 14.5 Å². The summed E-state index contributed by atoms with van der Waals surface area (Å²) >= 11 is 0. The molecule has 2 saturated heterocycles. The van der Waals surface area contributed by atoms with E-state index in [0.717, 1.165) is 24.2 Å². The Balaban J connectivity index is 1.38. The summed E-state index contributed by atoms with van der Waals surface area (Å²) in [6.45, 7) is 7.60. The second-order valence-electron chi connectivity index (χ2n) is 10.6. The lowest BCUT2D eigenvalue weighted by Crippen LogP contribution is -2.48.